The molecule has 0 radical (unpaired) electrons. The Morgan fingerprint density at radius 2 is 1.86 bits per heavy atom. The lowest BCUT2D eigenvalue weighted by molar-refractivity contribution is 0.221. The van der Waals surface area contributed by atoms with Gasteiger partial charge >= 0.3 is 6.03 Å². The highest BCUT2D eigenvalue weighted by Gasteiger charge is 2.39. The predicted molar refractivity (Wildman–Crippen MR) is 135 cm³/mol. The molecule has 2 saturated carbocycles. The molecule has 0 saturated heterocycles. The normalized spacial score (nSPS) is 23.1. The quantitative estimate of drug-likeness (QED) is 0.638. The van der Waals surface area contributed by atoms with Gasteiger partial charge in [-0.1, -0.05) is 18.9 Å². The number of halogens is 1. The van der Waals surface area contributed by atoms with Crippen LogP contribution in [0.15, 0.2) is 24.4 Å². The SMILES string of the molecule is COc1cccc(N2Cc3cnc(NC4CCC(N(C)C)CC4)nc3N(C3CCCC3)C2=O)c1F. The van der Waals surface area contributed by atoms with E-state index >= 15 is 4.39 Å². The molecule has 2 aliphatic carbocycles. The molecule has 0 bridgehead atoms. The molecule has 0 unspecified atom stereocenters. The van der Waals surface area contributed by atoms with Crippen LogP contribution >= 0.6 is 0 Å². The molecule has 5 rings (SSSR count). The second-order valence-corrected chi connectivity index (χ2v) is 10.1. The summed E-state index contributed by atoms with van der Waals surface area (Å²) in [5.74, 6) is 0.800. The first-order valence-corrected chi connectivity index (χ1v) is 12.7. The number of carbonyl (C=O) groups excluding carboxylic acids is 1. The van der Waals surface area contributed by atoms with Crippen molar-refractivity contribution in [2.75, 3.05) is 36.3 Å². The van der Waals surface area contributed by atoms with Crippen LogP contribution < -0.4 is 19.9 Å². The lowest BCUT2D eigenvalue weighted by atomic mass is 9.91. The van der Waals surface area contributed by atoms with Gasteiger partial charge in [0, 0.05) is 29.9 Å². The van der Waals surface area contributed by atoms with Crippen LogP contribution in [0.3, 0.4) is 0 Å². The fourth-order valence-corrected chi connectivity index (χ4v) is 5.71. The second-order valence-electron chi connectivity index (χ2n) is 10.1. The van der Waals surface area contributed by atoms with E-state index in [-0.39, 0.29) is 30.1 Å². The molecular formula is C26H35FN6O2. The van der Waals surface area contributed by atoms with Crippen LogP contribution in [0, 0.1) is 5.82 Å². The summed E-state index contributed by atoms with van der Waals surface area (Å²) in [4.78, 5) is 28.8. The number of methoxy groups -OCH3 is 1. The smallest absolute Gasteiger partial charge is 0.330 e. The topological polar surface area (TPSA) is 73.8 Å². The number of aromatic nitrogens is 2. The Labute approximate surface area is 206 Å². The summed E-state index contributed by atoms with van der Waals surface area (Å²) in [7, 11) is 5.70. The third-order valence-corrected chi connectivity index (χ3v) is 7.74. The summed E-state index contributed by atoms with van der Waals surface area (Å²) >= 11 is 0. The molecule has 1 aromatic heterocycles. The highest BCUT2D eigenvalue weighted by Crippen LogP contribution is 2.38. The van der Waals surface area contributed by atoms with E-state index in [1.54, 1.807) is 29.3 Å². The number of anilines is 3. The summed E-state index contributed by atoms with van der Waals surface area (Å²) in [5.41, 5.74) is 1.03. The van der Waals surface area contributed by atoms with Crippen LogP contribution in [-0.2, 0) is 6.54 Å². The standard InChI is InChI=1S/C26H35FN6O2/c1-31(2)19-13-11-18(12-14-19)29-25-28-15-17-16-32(21-9-6-10-22(35-3)23(21)27)26(34)33(24(17)30-25)20-7-4-5-8-20/h6,9-10,15,18-20H,4-5,7-8,11-14,16H2,1-3H3,(H,28,29,30). The molecule has 188 valence electrons. The predicted octanol–water partition coefficient (Wildman–Crippen LogP) is 4.80. The number of nitrogens with one attached hydrogen (secondary N) is 1. The molecule has 2 amide bonds. The maximum Gasteiger partial charge on any atom is 0.330 e. The molecule has 1 aromatic carbocycles. The number of nitrogens with zero attached hydrogens (tertiary/aromatic N) is 5. The van der Waals surface area contributed by atoms with Crippen LogP contribution in [0.25, 0.3) is 0 Å². The molecule has 1 N–H and O–H groups in total. The van der Waals surface area contributed by atoms with E-state index in [1.807, 2.05) is 0 Å². The Kier molecular flexibility index (Phi) is 6.77. The van der Waals surface area contributed by atoms with Gasteiger partial charge in [0.1, 0.15) is 5.82 Å². The van der Waals surface area contributed by atoms with Gasteiger partial charge in [-0.25, -0.2) is 14.2 Å². The molecule has 8 nitrogen and oxygen atoms in total. The van der Waals surface area contributed by atoms with Crippen molar-refractivity contribution in [3.8, 4) is 5.75 Å². The van der Waals surface area contributed by atoms with E-state index in [4.69, 9.17) is 9.72 Å². The highest BCUT2D eigenvalue weighted by molar-refractivity contribution is 6.06. The Balaban J connectivity index is 1.43. The number of hydrogen-bond acceptors (Lipinski definition) is 6. The minimum atomic E-state index is -0.536. The molecular weight excluding hydrogens is 447 g/mol. The van der Waals surface area contributed by atoms with Crippen LogP contribution in [-0.4, -0.2) is 60.2 Å². The molecule has 3 aliphatic rings. The van der Waals surface area contributed by atoms with Gasteiger partial charge in [-0.05, 0) is 64.8 Å². The summed E-state index contributed by atoms with van der Waals surface area (Å²) < 4.78 is 20.3. The third kappa shape index (κ3) is 4.66. The molecule has 2 heterocycles. The van der Waals surface area contributed by atoms with E-state index in [2.05, 4.69) is 29.3 Å². The van der Waals surface area contributed by atoms with Gasteiger partial charge in [0.25, 0.3) is 0 Å². The fourth-order valence-electron chi connectivity index (χ4n) is 5.71. The number of ether oxygens (including phenoxy) is 1. The summed E-state index contributed by atoms with van der Waals surface area (Å²) in [6.07, 6.45) is 10.2. The van der Waals surface area contributed by atoms with Gasteiger partial charge in [-0.15, -0.1) is 0 Å². The van der Waals surface area contributed by atoms with Crippen molar-refractivity contribution in [1.82, 2.24) is 14.9 Å². The van der Waals surface area contributed by atoms with Crippen LogP contribution in [0.2, 0.25) is 0 Å². The number of fused-ring (bicyclic) bond motifs is 1. The first-order valence-electron chi connectivity index (χ1n) is 12.7. The first-order chi connectivity index (χ1) is 17.0. The molecule has 9 heteroatoms. The minimum Gasteiger partial charge on any atom is -0.494 e. The maximum atomic E-state index is 15.1. The van der Waals surface area contributed by atoms with E-state index in [9.17, 15) is 4.79 Å². The number of benzene rings is 1. The molecule has 1 aliphatic heterocycles. The van der Waals surface area contributed by atoms with Crippen LogP contribution in [0.1, 0.15) is 56.9 Å². The van der Waals surface area contributed by atoms with Crippen molar-refractivity contribution in [2.24, 2.45) is 0 Å². The number of carbonyl (C=O) groups is 1. The Bertz CT molecular complexity index is 1070. The molecule has 2 fully saturated rings. The Morgan fingerprint density at radius 1 is 1.11 bits per heavy atom. The fraction of sp³-hybridized carbons (Fsp3) is 0.577. The maximum absolute atomic E-state index is 15.1. The van der Waals surface area contributed by atoms with Gasteiger partial charge in [-0.3, -0.25) is 9.80 Å². The van der Waals surface area contributed by atoms with Crippen molar-refractivity contribution in [1.29, 1.82) is 0 Å². The van der Waals surface area contributed by atoms with Gasteiger partial charge in [0.15, 0.2) is 11.6 Å². The average Bonchev–Trinajstić information content (AvgIpc) is 3.39. The van der Waals surface area contributed by atoms with Crippen molar-refractivity contribution in [3.05, 3.63) is 35.8 Å². The van der Waals surface area contributed by atoms with Crippen molar-refractivity contribution < 1.29 is 13.9 Å². The highest BCUT2D eigenvalue weighted by atomic mass is 19.1. The number of rotatable bonds is 6. The van der Waals surface area contributed by atoms with E-state index in [1.165, 1.54) is 12.0 Å². The Hall–Kier alpha value is -2.94. The van der Waals surface area contributed by atoms with Gasteiger partial charge < -0.3 is 15.0 Å². The molecule has 2 aromatic rings. The molecule has 0 spiro atoms. The number of hydrogen-bond donors (Lipinski definition) is 1. The van der Waals surface area contributed by atoms with Crippen LogP contribution in [0.4, 0.5) is 26.6 Å². The number of amides is 2. The summed E-state index contributed by atoms with van der Waals surface area (Å²) in [6, 6.07) is 5.64. The zero-order valence-electron chi connectivity index (χ0n) is 20.8. The van der Waals surface area contributed by atoms with Gasteiger partial charge in [0.05, 0.1) is 19.3 Å². The van der Waals surface area contributed by atoms with Crippen molar-refractivity contribution >= 4 is 23.5 Å². The molecule has 35 heavy (non-hydrogen) atoms. The third-order valence-electron chi connectivity index (χ3n) is 7.74. The van der Waals surface area contributed by atoms with Crippen LogP contribution in [0.5, 0.6) is 5.75 Å². The Morgan fingerprint density at radius 3 is 2.54 bits per heavy atom. The zero-order valence-corrected chi connectivity index (χ0v) is 20.8. The zero-order chi connectivity index (χ0) is 24.5. The van der Waals surface area contributed by atoms with Gasteiger partial charge in [-0.2, -0.15) is 4.98 Å². The van der Waals surface area contributed by atoms with E-state index in [0.717, 1.165) is 56.9 Å². The minimum absolute atomic E-state index is 0.0519. The van der Waals surface area contributed by atoms with Crippen molar-refractivity contribution in [2.45, 2.75) is 76.0 Å². The number of urea groups is 1. The second kappa shape index (κ2) is 9.97. The first kappa shape index (κ1) is 23.8. The van der Waals surface area contributed by atoms with Gasteiger partial charge in [0.2, 0.25) is 5.95 Å². The largest absolute Gasteiger partial charge is 0.494 e. The van der Waals surface area contributed by atoms with E-state index < -0.39 is 5.82 Å². The lowest BCUT2D eigenvalue weighted by Gasteiger charge is -2.39. The lowest BCUT2D eigenvalue weighted by Crippen LogP contribution is -2.52. The summed E-state index contributed by atoms with van der Waals surface area (Å²) in [5, 5.41) is 3.51. The van der Waals surface area contributed by atoms with Crippen molar-refractivity contribution in [3.63, 3.8) is 0 Å². The van der Waals surface area contributed by atoms with E-state index in [0.29, 0.717) is 23.8 Å². The summed E-state index contributed by atoms with van der Waals surface area (Å²) in [6.45, 7) is 0.218. The molecule has 0 atom stereocenters. The average molecular weight is 483 g/mol. The monoisotopic (exact) mass is 482 g/mol.